The van der Waals surface area contributed by atoms with Crippen molar-refractivity contribution in [3.63, 3.8) is 0 Å². The second kappa shape index (κ2) is 10.7. The van der Waals surface area contributed by atoms with Crippen LogP contribution in [0, 0.1) is 0 Å². The molecule has 3 aromatic carbocycles. The van der Waals surface area contributed by atoms with Crippen LogP contribution in [0.15, 0.2) is 91.0 Å². The van der Waals surface area contributed by atoms with Crippen LogP contribution in [-0.4, -0.2) is 54.2 Å². The summed E-state index contributed by atoms with van der Waals surface area (Å²) in [5.41, 5.74) is 0.838. The largest absolute Gasteiger partial charge is 0.459 e. The van der Waals surface area contributed by atoms with E-state index in [9.17, 15) is 19.5 Å². The Hall–Kier alpha value is -4.01. The molecule has 4 rings (SSSR count). The van der Waals surface area contributed by atoms with Gasteiger partial charge in [0.25, 0.3) is 0 Å². The van der Waals surface area contributed by atoms with Crippen molar-refractivity contribution in [1.82, 2.24) is 0 Å². The number of hydrogen-bond donors (Lipinski definition) is 1. The molecule has 1 N–H and O–H groups in total. The van der Waals surface area contributed by atoms with Crippen LogP contribution in [0.1, 0.15) is 31.1 Å². The average Bonchev–Trinajstić information content (AvgIpc) is 3.17. The third-order valence-corrected chi connectivity index (χ3v) is 5.18. The lowest BCUT2D eigenvalue weighted by molar-refractivity contribution is -0.135. The van der Waals surface area contributed by atoms with Crippen molar-refractivity contribution < 1.29 is 38.4 Å². The molecule has 0 saturated carbocycles. The first kappa shape index (κ1) is 23.2. The van der Waals surface area contributed by atoms with E-state index in [2.05, 4.69) is 0 Å². The molecular weight excluding hydrogens is 440 g/mol. The summed E-state index contributed by atoms with van der Waals surface area (Å²) in [7, 11) is 0. The average molecular weight is 462 g/mol. The Morgan fingerprint density at radius 3 is 1.53 bits per heavy atom. The third-order valence-electron chi connectivity index (χ3n) is 5.18. The molecule has 0 aromatic heterocycles. The van der Waals surface area contributed by atoms with Crippen LogP contribution in [0.5, 0.6) is 0 Å². The third kappa shape index (κ3) is 5.48. The minimum absolute atomic E-state index is 0.252. The molecule has 0 radical (unpaired) electrons. The van der Waals surface area contributed by atoms with Crippen molar-refractivity contribution in [2.75, 3.05) is 6.61 Å². The molecule has 3 aromatic rings. The van der Waals surface area contributed by atoms with Gasteiger partial charge in [-0.1, -0.05) is 54.6 Å². The van der Waals surface area contributed by atoms with Gasteiger partial charge in [0.05, 0.1) is 16.7 Å². The Morgan fingerprint density at radius 2 is 1.06 bits per heavy atom. The molecule has 0 amide bonds. The molecule has 0 unspecified atom stereocenters. The molecule has 1 aliphatic heterocycles. The number of carbonyl (C=O) groups excluding carboxylic acids is 3. The molecule has 8 nitrogen and oxygen atoms in total. The van der Waals surface area contributed by atoms with E-state index in [1.807, 2.05) is 0 Å². The minimum atomic E-state index is -1.60. The molecule has 1 heterocycles. The maximum atomic E-state index is 12.7. The molecule has 8 heteroatoms. The highest BCUT2D eigenvalue weighted by atomic mass is 16.7. The SMILES string of the molecule is O=C(OC[C@@H]1O[C@H](O)[C@@H](OC(=O)c2ccccc2)[C@H]1OC(=O)c1ccccc1)c1ccccc1. The predicted molar refractivity (Wildman–Crippen MR) is 119 cm³/mol. The molecular formula is C26H22O8. The predicted octanol–water partition coefficient (Wildman–Crippen LogP) is 3.01. The summed E-state index contributed by atoms with van der Waals surface area (Å²) in [6.07, 6.45) is -5.22. The number of esters is 3. The first-order valence-corrected chi connectivity index (χ1v) is 10.6. The molecule has 0 aliphatic carbocycles. The summed E-state index contributed by atoms with van der Waals surface area (Å²) in [5, 5.41) is 10.5. The van der Waals surface area contributed by atoms with E-state index in [1.54, 1.807) is 91.0 Å². The lowest BCUT2D eigenvalue weighted by atomic mass is 10.1. The number of ether oxygens (including phenoxy) is 4. The summed E-state index contributed by atoms with van der Waals surface area (Å²) >= 11 is 0. The molecule has 0 spiro atoms. The van der Waals surface area contributed by atoms with E-state index in [0.717, 1.165) is 0 Å². The van der Waals surface area contributed by atoms with Crippen molar-refractivity contribution >= 4 is 17.9 Å². The van der Waals surface area contributed by atoms with Crippen LogP contribution < -0.4 is 0 Å². The topological polar surface area (TPSA) is 108 Å². The molecule has 4 atom stereocenters. The first-order valence-electron chi connectivity index (χ1n) is 10.6. The van der Waals surface area contributed by atoms with Crippen molar-refractivity contribution in [3.8, 4) is 0 Å². The first-order chi connectivity index (χ1) is 16.5. The highest BCUT2D eigenvalue weighted by Gasteiger charge is 2.50. The number of carbonyl (C=O) groups is 3. The number of rotatable bonds is 7. The Labute approximate surface area is 195 Å². The van der Waals surface area contributed by atoms with Crippen molar-refractivity contribution in [1.29, 1.82) is 0 Å². The van der Waals surface area contributed by atoms with Gasteiger partial charge >= 0.3 is 17.9 Å². The van der Waals surface area contributed by atoms with E-state index in [-0.39, 0.29) is 17.7 Å². The van der Waals surface area contributed by atoms with Gasteiger partial charge in [-0.15, -0.1) is 0 Å². The minimum Gasteiger partial charge on any atom is -0.459 e. The number of hydrogen-bond acceptors (Lipinski definition) is 8. The number of aliphatic hydroxyl groups is 1. The Morgan fingerprint density at radius 1 is 0.647 bits per heavy atom. The molecule has 34 heavy (non-hydrogen) atoms. The molecule has 1 fully saturated rings. The number of aliphatic hydroxyl groups excluding tert-OH is 1. The molecule has 1 saturated heterocycles. The monoisotopic (exact) mass is 462 g/mol. The van der Waals surface area contributed by atoms with Gasteiger partial charge in [0.2, 0.25) is 0 Å². The number of benzene rings is 3. The van der Waals surface area contributed by atoms with Gasteiger partial charge in [-0.05, 0) is 36.4 Å². The lowest BCUT2D eigenvalue weighted by Crippen LogP contribution is -2.42. The van der Waals surface area contributed by atoms with Crippen molar-refractivity contribution in [2.24, 2.45) is 0 Å². The summed E-state index contributed by atoms with van der Waals surface area (Å²) in [6.45, 7) is -0.336. The van der Waals surface area contributed by atoms with Gasteiger partial charge in [0, 0.05) is 0 Å². The van der Waals surface area contributed by atoms with Crippen LogP contribution in [0.25, 0.3) is 0 Å². The van der Waals surface area contributed by atoms with E-state index in [4.69, 9.17) is 18.9 Å². The lowest BCUT2D eigenvalue weighted by Gasteiger charge is -2.23. The highest BCUT2D eigenvalue weighted by Crippen LogP contribution is 2.28. The van der Waals surface area contributed by atoms with Crippen molar-refractivity contribution in [2.45, 2.75) is 24.6 Å². The molecule has 0 bridgehead atoms. The van der Waals surface area contributed by atoms with E-state index in [1.165, 1.54) is 0 Å². The zero-order chi connectivity index (χ0) is 23.9. The Balaban J connectivity index is 1.51. The summed E-state index contributed by atoms with van der Waals surface area (Å²) in [4.78, 5) is 37.6. The zero-order valence-corrected chi connectivity index (χ0v) is 18.0. The molecule has 1 aliphatic rings. The summed E-state index contributed by atoms with van der Waals surface area (Å²) < 4.78 is 21.8. The van der Waals surface area contributed by atoms with E-state index >= 15 is 0 Å². The molecule has 174 valence electrons. The fourth-order valence-electron chi connectivity index (χ4n) is 3.46. The van der Waals surface area contributed by atoms with E-state index in [0.29, 0.717) is 5.56 Å². The maximum absolute atomic E-state index is 12.7. The van der Waals surface area contributed by atoms with Gasteiger partial charge in [0.15, 0.2) is 18.5 Å². The van der Waals surface area contributed by atoms with Gasteiger partial charge in [-0.2, -0.15) is 0 Å². The standard InChI is InChI=1S/C26H22O8/c27-23(17-10-4-1-5-11-17)31-16-20-21(33-24(28)18-12-6-2-7-13-18)22(26(30)32-20)34-25(29)19-14-8-3-9-15-19/h1-15,20-22,26,30H,16H2/t20-,21-,22-,26-/m0/s1. The van der Waals surface area contributed by atoms with Crippen LogP contribution >= 0.6 is 0 Å². The fraction of sp³-hybridized carbons (Fsp3) is 0.192. The summed E-state index contributed by atoms with van der Waals surface area (Å²) in [6, 6.07) is 24.7. The Kier molecular flexibility index (Phi) is 7.31. The van der Waals surface area contributed by atoms with Crippen molar-refractivity contribution in [3.05, 3.63) is 108 Å². The fourth-order valence-corrected chi connectivity index (χ4v) is 3.46. The normalized spacial score (nSPS) is 21.4. The second-order valence-electron chi connectivity index (χ2n) is 7.50. The van der Waals surface area contributed by atoms with Crippen LogP contribution in [0.2, 0.25) is 0 Å². The van der Waals surface area contributed by atoms with E-state index < -0.39 is 42.5 Å². The van der Waals surface area contributed by atoms with Crippen LogP contribution in [-0.2, 0) is 18.9 Å². The summed E-state index contributed by atoms with van der Waals surface area (Å²) in [5.74, 6) is -2.05. The smallest absolute Gasteiger partial charge is 0.338 e. The van der Waals surface area contributed by atoms with Crippen LogP contribution in [0.3, 0.4) is 0 Å². The maximum Gasteiger partial charge on any atom is 0.338 e. The van der Waals surface area contributed by atoms with Gasteiger partial charge in [-0.3, -0.25) is 0 Å². The van der Waals surface area contributed by atoms with Gasteiger partial charge in [-0.25, -0.2) is 14.4 Å². The highest BCUT2D eigenvalue weighted by molar-refractivity contribution is 5.90. The van der Waals surface area contributed by atoms with Gasteiger partial charge < -0.3 is 24.1 Å². The second-order valence-corrected chi connectivity index (χ2v) is 7.50. The Bertz CT molecular complexity index is 1120. The zero-order valence-electron chi connectivity index (χ0n) is 18.0. The van der Waals surface area contributed by atoms with Gasteiger partial charge in [0.1, 0.15) is 12.7 Å². The van der Waals surface area contributed by atoms with Crippen LogP contribution in [0.4, 0.5) is 0 Å². The quantitative estimate of drug-likeness (QED) is 0.422.